The van der Waals surface area contributed by atoms with E-state index in [-0.39, 0.29) is 5.75 Å². The van der Waals surface area contributed by atoms with E-state index in [1.54, 1.807) is 0 Å². The molecule has 0 radical (unpaired) electrons. The Hall–Kier alpha value is 0.0700. The third-order valence-corrected chi connectivity index (χ3v) is 1.22. The van der Waals surface area contributed by atoms with Gasteiger partial charge in [0.15, 0.2) is 0 Å². The fourth-order valence-electron chi connectivity index (χ4n) is 0.257. The van der Waals surface area contributed by atoms with Crippen molar-refractivity contribution in [3.8, 4) is 0 Å². The summed E-state index contributed by atoms with van der Waals surface area (Å²) < 4.78 is 19.8. The summed E-state index contributed by atoms with van der Waals surface area (Å²) in [6.45, 7) is 0.607. The average Bonchev–Trinajstić information content (AvgIpc) is 1.61. The van der Waals surface area contributed by atoms with Gasteiger partial charge in [-0.15, -0.1) is 0 Å². The fraction of sp³-hybridized carbons (Fsp3) is 1.00. The molecule has 0 aromatic rings. The maximum absolute atomic E-state index is 9.88. The van der Waals surface area contributed by atoms with Crippen LogP contribution in [0.1, 0.15) is 0 Å². The molecule has 0 aliphatic heterocycles. The highest BCUT2D eigenvalue weighted by Crippen LogP contribution is 1.76. The maximum Gasteiger partial charge on any atom is 0.0229 e. The van der Waals surface area contributed by atoms with Gasteiger partial charge >= 0.3 is 0 Å². The zero-order valence-electron chi connectivity index (χ0n) is 5.09. The van der Waals surface area contributed by atoms with Gasteiger partial charge in [0.05, 0.1) is 0 Å². The number of hydrogen-bond donors (Lipinski definition) is 0. The average molecular weight is 136 g/mol. The molecule has 4 heteroatoms. The molecule has 0 aliphatic rings. The molecule has 0 amide bonds. The molecule has 0 saturated carbocycles. The number of hydrogen-bond acceptors (Lipinski definition) is 3. The van der Waals surface area contributed by atoms with Gasteiger partial charge in [-0.3, -0.25) is 4.21 Å². The van der Waals surface area contributed by atoms with E-state index in [9.17, 15) is 8.76 Å². The standard InChI is InChI=1S/C4H11NO2S/c1-5(2)3-4-8(6)7/h3-4H2,1-2H3,(H,6,7)/p-1. The lowest BCUT2D eigenvalue weighted by atomic mass is 10.7. The van der Waals surface area contributed by atoms with Crippen LogP contribution in [-0.4, -0.2) is 40.1 Å². The van der Waals surface area contributed by atoms with Crippen molar-refractivity contribution in [2.75, 3.05) is 26.4 Å². The van der Waals surface area contributed by atoms with Crippen LogP contribution < -0.4 is 0 Å². The van der Waals surface area contributed by atoms with Gasteiger partial charge in [0, 0.05) is 12.3 Å². The van der Waals surface area contributed by atoms with Gasteiger partial charge in [0.2, 0.25) is 0 Å². The highest BCUT2D eigenvalue weighted by atomic mass is 32.2. The Kier molecular flexibility index (Phi) is 4.03. The summed E-state index contributed by atoms with van der Waals surface area (Å²) in [5, 5.41) is 0. The summed E-state index contributed by atoms with van der Waals surface area (Å²) in [6.07, 6.45) is 0. The van der Waals surface area contributed by atoms with E-state index in [4.69, 9.17) is 0 Å². The Balaban J connectivity index is 3.05. The van der Waals surface area contributed by atoms with E-state index in [2.05, 4.69) is 0 Å². The lowest BCUT2D eigenvalue weighted by Crippen LogP contribution is -2.18. The Bertz CT molecular complexity index is 84.1. The Morgan fingerprint density at radius 1 is 1.62 bits per heavy atom. The van der Waals surface area contributed by atoms with Crippen LogP contribution in [-0.2, 0) is 11.1 Å². The van der Waals surface area contributed by atoms with E-state index in [1.807, 2.05) is 19.0 Å². The largest absolute Gasteiger partial charge is 0.772 e. The van der Waals surface area contributed by atoms with E-state index in [0.29, 0.717) is 6.54 Å². The van der Waals surface area contributed by atoms with Crippen molar-refractivity contribution in [1.29, 1.82) is 0 Å². The molecule has 8 heavy (non-hydrogen) atoms. The van der Waals surface area contributed by atoms with Crippen LogP contribution in [0.5, 0.6) is 0 Å². The number of rotatable bonds is 3. The minimum Gasteiger partial charge on any atom is -0.772 e. The predicted molar refractivity (Wildman–Crippen MR) is 32.3 cm³/mol. The lowest BCUT2D eigenvalue weighted by Gasteiger charge is -2.09. The SMILES string of the molecule is CN(C)CCS(=O)[O-]. The van der Waals surface area contributed by atoms with Crippen LogP contribution in [0.15, 0.2) is 0 Å². The Labute approximate surface area is 52.0 Å². The summed E-state index contributed by atoms with van der Waals surface area (Å²) in [5.41, 5.74) is 0. The Morgan fingerprint density at radius 2 is 2.12 bits per heavy atom. The molecule has 3 nitrogen and oxygen atoms in total. The second-order valence-corrected chi connectivity index (χ2v) is 2.83. The first-order valence-corrected chi connectivity index (χ1v) is 3.58. The molecule has 0 aliphatic carbocycles. The van der Waals surface area contributed by atoms with Crippen LogP contribution in [0.3, 0.4) is 0 Å². The molecule has 1 unspecified atom stereocenters. The normalized spacial score (nSPS) is 14.5. The zero-order valence-corrected chi connectivity index (χ0v) is 5.90. The van der Waals surface area contributed by atoms with Crippen LogP contribution in [0.2, 0.25) is 0 Å². The third kappa shape index (κ3) is 6.07. The first-order valence-electron chi connectivity index (χ1n) is 2.33. The minimum atomic E-state index is -1.88. The maximum atomic E-state index is 9.88. The molecule has 0 heterocycles. The first-order chi connectivity index (χ1) is 3.63. The number of nitrogens with zero attached hydrogens (tertiary/aromatic N) is 1. The summed E-state index contributed by atoms with van der Waals surface area (Å²) in [4.78, 5) is 1.83. The summed E-state index contributed by atoms with van der Waals surface area (Å²) >= 11 is -1.88. The van der Waals surface area contributed by atoms with Gasteiger partial charge in [-0.1, -0.05) is 11.1 Å². The van der Waals surface area contributed by atoms with Gasteiger partial charge in [0.25, 0.3) is 0 Å². The summed E-state index contributed by atoms with van der Waals surface area (Å²) in [5.74, 6) is 0.229. The molecule has 0 N–H and O–H groups in total. The van der Waals surface area contributed by atoms with Crippen molar-refractivity contribution in [3.63, 3.8) is 0 Å². The summed E-state index contributed by atoms with van der Waals surface area (Å²) in [7, 11) is 3.68. The van der Waals surface area contributed by atoms with Crippen molar-refractivity contribution in [2.24, 2.45) is 0 Å². The zero-order chi connectivity index (χ0) is 6.57. The third-order valence-electron chi connectivity index (χ3n) is 0.705. The molecule has 0 saturated heterocycles. The highest BCUT2D eigenvalue weighted by molar-refractivity contribution is 7.79. The predicted octanol–water partition coefficient (Wildman–Crippen LogP) is -0.573. The van der Waals surface area contributed by atoms with Crippen molar-refractivity contribution >= 4 is 11.1 Å². The van der Waals surface area contributed by atoms with Crippen molar-refractivity contribution < 1.29 is 8.76 Å². The quantitative estimate of drug-likeness (QED) is 0.488. The molecule has 50 valence electrons. The molecule has 0 aromatic heterocycles. The van der Waals surface area contributed by atoms with E-state index >= 15 is 0 Å². The monoisotopic (exact) mass is 136 g/mol. The Morgan fingerprint density at radius 3 is 2.25 bits per heavy atom. The first kappa shape index (κ1) is 8.07. The molecule has 0 aromatic carbocycles. The van der Waals surface area contributed by atoms with Crippen molar-refractivity contribution in [3.05, 3.63) is 0 Å². The van der Waals surface area contributed by atoms with E-state index < -0.39 is 11.1 Å². The van der Waals surface area contributed by atoms with Crippen LogP contribution in [0, 0.1) is 0 Å². The molecule has 0 spiro atoms. The lowest BCUT2D eigenvalue weighted by molar-refractivity contribution is 0.428. The van der Waals surface area contributed by atoms with Crippen molar-refractivity contribution in [2.45, 2.75) is 0 Å². The second kappa shape index (κ2) is 4.00. The minimum absolute atomic E-state index is 0.229. The molecule has 0 bridgehead atoms. The van der Waals surface area contributed by atoms with E-state index in [1.165, 1.54) is 0 Å². The van der Waals surface area contributed by atoms with Gasteiger partial charge < -0.3 is 9.45 Å². The van der Waals surface area contributed by atoms with Gasteiger partial charge in [-0.25, -0.2) is 0 Å². The van der Waals surface area contributed by atoms with Gasteiger partial charge in [0.1, 0.15) is 0 Å². The summed E-state index contributed by atoms with van der Waals surface area (Å²) in [6, 6.07) is 0. The molecule has 1 atom stereocenters. The molecular weight excluding hydrogens is 126 g/mol. The van der Waals surface area contributed by atoms with Crippen molar-refractivity contribution in [1.82, 2.24) is 4.90 Å². The van der Waals surface area contributed by atoms with Gasteiger partial charge in [-0.05, 0) is 14.1 Å². The molecule has 0 rings (SSSR count). The van der Waals surface area contributed by atoms with E-state index in [0.717, 1.165) is 0 Å². The van der Waals surface area contributed by atoms with Crippen LogP contribution >= 0.6 is 0 Å². The van der Waals surface area contributed by atoms with Gasteiger partial charge in [-0.2, -0.15) is 0 Å². The second-order valence-electron chi connectivity index (χ2n) is 1.81. The molecule has 0 fully saturated rings. The van der Waals surface area contributed by atoms with Crippen LogP contribution in [0.25, 0.3) is 0 Å². The molecular formula is C4H10NO2S-. The smallest absolute Gasteiger partial charge is 0.0229 e. The highest BCUT2D eigenvalue weighted by Gasteiger charge is 1.86. The topological polar surface area (TPSA) is 43.4 Å². The van der Waals surface area contributed by atoms with Crippen LogP contribution in [0.4, 0.5) is 0 Å². The fourth-order valence-corrected chi connectivity index (χ4v) is 0.771.